The Morgan fingerprint density at radius 2 is 1.69 bits per heavy atom. The van der Waals surface area contributed by atoms with Gasteiger partial charge in [-0.15, -0.1) is 0 Å². The summed E-state index contributed by atoms with van der Waals surface area (Å²) in [6.07, 6.45) is 5.01. The number of rotatable bonds is 8. The van der Waals surface area contributed by atoms with Crippen LogP contribution in [0.4, 0.5) is 0 Å². The lowest BCUT2D eigenvalue weighted by atomic mass is 10.0. The summed E-state index contributed by atoms with van der Waals surface area (Å²) in [5.74, 6) is 2.04. The molecule has 1 amide bonds. The van der Waals surface area contributed by atoms with Gasteiger partial charge < -0.3 is 14.4 Å². The summed E-state index contributed by atoms with van der Waals surface area (Å²) < 4.78 is 12.1. The van der Waals surface area contributed by atoms with Crippen LogP contribution in [0.3, 0.4) is 0 Å². The lowest BCUT2D eigenvalue weighted by Crippen LogP contribution is -2.30. The smallest absolute Gasteiger partial charge is 0.254 e. The number of likely N-dealkylation sites (tertiary alicyclic amines) is 2. The van der Waals surface area contributed by atoms with Gasteiger partial charge in [0.25, 0.3) is 5.91 Å². The zero-order valence-corrected chi connectivity index (χ0v) is 18.8. The van der Waals surface area contributed by atoms with E-state index in [1.54, 1.807) is 0 Å². The Balaban J connectivity index is 1.09. The Hall–Kier alpha value is -2.37. The lowest BCUT2D eigenvalue weighted by Gasteiger charge is -2.20. The quantitative estimate of drug-likeness (QED) is 0.624. The summed E-state index contributed by atoms with van der Waals surface area (Å²) in [5.41, 5.74) is 1.96. The van der Waals surface area contributed by atoms with E-state index in [0.29, 0.717) is 31.2 Å². The summed E-state index contributed by atoms with van der Waals surface area (Å²) in [4.78, 5) is 17.6. The summed E-state index contributed by atoms with van der Waals surface area (Å²) in [6, 6.07) is 18.1. The highest BCUT2D eigenvalue weighted by molar-refractivity contribution is 5.94. The van der Waals surface area contributed by atoms with Crippen LogP contribution in [0.2, 0.25) is 0 Å². The van der Waals surface area contributed by atoms with Crippen molar-refractivity contribution in [3.63, 3.8) is 0 Å². The largest absolute Gasteiger partial charge is 0.492 e. The van der Waals surface area contributed by atoms with Gasteiger partial charge in [-0.3, -0.25) is 9.69 Å². The highest BCUT2D eigenvalue weighted by Gasteiger charge is 2.42. The van der Waals surface area contributed by atoms with Crippen molar-refractivity contribution in [1.82, 2.24) is 9.80 Å². The minimum Gasteiger partial charge on any atom is -0.492 e. The monoisotopic (exact) mass is 434 g/mol. The van der Waals surface area contributed by atoms with E-state index in [2.05, 4.69) is 29.2 Å². The number of amides is 1. The molecule has 0 aromatic heterocycles. The highest BCUT2D eigenvalue weighted by atomic mass is 16.5. The van der Waals surface area contributed by atoms with Crippen LogP contribution in [0.5, 0.6) is 5.75 Å². The molecule has 0 spiro atoms. The molecule has 1 aliphatic carbocycles. The molecular weight excluding hydrogens is 400 g/mol. The average Bonchev–Trinajstić information content (AvgIpc) is 3.55. The third-order valence-electron chi connectivity index (χ3n) is 7.28. The minimum absolute atomic E-state index is 0.131. The van der Waals surface area contributed by atoms with Crippen molar-refractivity contribution in [3.8, 4) is 5.75 Å². The molecule has 1 saturated carbocycles. The first-order valence-corrected chi connectivity index (χ1v) is 12.1. The average molecular weight is 435 g/mol. The Bertz CT molecular complexity index is 883. The number of carbonyl (C=O) groups excluding carboxylic acids is 1. The number of carbonyl (C=O) groups is 1. The van der Waals surface area contributed by atoms with Gasteiger partial charge in [0, 0.05) is 25.2 Å². The van der Waals surface area contributed by atoms with Crippen molar-refractivity contribution in [3.05, 3.63) is 65.7 Å². The van der Waals surface area contributed by atoms with Gasteiger partial charge in [-0.05, 0) is 74.4 Å². The second-order valence-electron chi connectivity index (χ2n) is 9.55. The standard InChI is InChI=1S/C27H34N2O3/c30-27(22-9-6-10-25(15-22)31-14-13-28-11-4-5-12-28)29-18-23-16-26(17-24(23)19-29)32-20-21-7-2-1-3-8-21/h1-3,6-10,15,23-24,26H,4-5,11-14,16-20H2/t23-,24+,26?. The van der Waals surface area contributed by atoms with Crippen molar-refractivity contribution in [1.29, 1.82) is 0 Å². The van der Waals surface area contributed by atoms with Crippen LogP contribution in [-0.2, 0) is 11.3 Å². The second kappa shape index (κ2) is 10.1. The first-order chi connectivity index (χ1) is 15.7. The molecule has 5 heteroatoms. The second-order valence-corrected chi connectivity index (χ2v) is 9.55. The fraction of sp³-hybridized carbons (Fsp3) is 0.519. The predicted molar refractivity (Wildman–Crippen MR) is 125 cm³/mol. The summed E-state index contributed by atoms with van der Waals surface area (Å²) in [5, 5.41) is 0. The van der Waals surface area contributed by atoms with Gasteiger partial charge in [-0.2, -0.15) is 0 Å². The summed E-state index contributed by atoms with van der Waals surface area (Å²) in [7, 11) is 0. The van der Waals surface area contributed by atoms with Crippen molar-refractivity contribution < 1.29 is 14.3 Å². The van der Waals surface area contributed by atoms with E-state index in [4.69, 9.17) is 9.47 Å². The highest BCUT2D eigenvalue weighted by Crippen LogP contribution is 2.40. The van der Waals surface area contributed by atoms with Gasteiger partial charge in [0.1, 0.15) is 12.4 Å². The fourth-order valence-electron chi connectivity index (χ4n) is 5.53. The molecule has 0 bridgehead atoms. The normalized spacial score (nSPS) is 25.2. The van der Waals surface area contributed by atoms with Gasteiger partial charge in [0.2, 0.25) is 0 Å². The van der Waals surface area contributed by atoms with E-state index >= 15 is 0 Å². The molecule has 0 N–H and O–H groups in total. The number of hydrogen-bond acceptors (Lipinski definition) is 4. The van der Waals surface area contributed by atoms with Crippen LogP contribution >= 0.6 is 0 Å². The number of fused-ring (bicyclic) bond motifs is 1. The van der Waals surface area contributed by atoms with E-state index in [9.17, 15) is 4.79 Å². The SMILES string of the molecule is O=C(c1cccc(OCCN2CCCC2)c1)N1C[C@H]2CC(OCc3ccccc3)C[C@H]2C1. The first-order valence-electron chi connectivity index (χ1n) is 12.1. The van der Waals surface area contributed by atoms with Gasteiger partial charge in [0.15, 0.2) is 0 Å². The molecular formula is C27H34N2O3. The van der Waals surface area contributed by atoms with Crippen molar-refractivity contribution in [2.45, 2.75) is 38.4 Å². The number of nitrogens with zero attached hydrogens (tertiary/aromatic N) is 2. The Morgan fingerprint density at radius 3 is 2.44 bits per heavy atom. The molecule has 3 fully saturated rings. The Labute approximate surface area is 191 Å². The maximum Gasteiger partial charge on any atom is 0.254 e. The Kier molecular flexibility index (Phi) is 6.75. The fourth-order valence-corrected chi connectivity index (χ4v) is 5.53. The molecule has 5 rings (SSSR count). The number of benzene rings is 2. The first kappa shape index (κ1) is 21.5. The molecule has 2 aliphatic heterocycles. The molecule has 5 nitrogen and oxygen atoms in total. The maximum absolute atomic E-state index is 13.1. The molecule has 3 aliphatic rings. The van der Waals surface area contributed by atoms with Crippen LogP contribution in [0, 0.1) is 11.8 Å². The van der Waals surface area contributed by atoms with Gasteiger partial charge >= 0.3 is 0 Å². The van der Waals surface area contributed by atoms with Crippen LogP contribution in [0.1, 0.15) is 41.6 Å². The van der Waals surface area contributed by atoms with Crippen molar-refractivity contribution in [2.75, 3.05) is 39.3 Å². The van der Waals surface area contributed by atoms with Crippen LogP contribution in [0.15, 0.2) is 54.6 Å². The zero-order valence-electron chi connectivity index (χ0n) is 18.8. The third kappa shape index (κ3) is 5.16. The minimum atomic E-state index is 0.131. The molecule has 2 aromatic carbocycles. The van der Waals surface area contributed by atoms with E-state index in [1.165, 1.54) is 31.5 Å². The number of ether oxygens (including phenoxy) is 2. The summed E-state index contributed by atoms with van der Waals surface area (Å²) >= 11 is 0. The summed E-state index contributed by atoms with van der Waals surface area (Å²) in [6.45, 7) is 6.35. The maximum atomic E-state index is 13.1. The molecule has 170 valence electrons. The van der Waals surface area contributed by atoms with Gasteiger partial charge in [-0.25, -0.2) is 0 Å². The van der Waals surface area contributed by atoms with Crippen LogP contribution in [-0.4, -0.2) is 61.1 Å². The molecule has 2 aromatic rings. The molecule has 2 heterocycles. The van der Waals surface area contributed by atoms with E-state index in [1.807, 2.05) is 35.2 Å². The molecule has 0 radical (unpaired) electrons. The molecule has 2 saturated heterocycles. The molecule has 32 heavy (non-hydrogen) atoms. The predicted octanol–water partition coefficient (Wildman–Crippen LogP) is 4.23. The van der Waals surface area contributed by atoms with Crippen LogP contribution < -0.4 is 4.74 Å². The Morgan fingerprint density at radius 1 is 0.938 bits per heavy atom. The molecule has 3 atom stereocenters. The molecule has 1 unspecified atom stereocenters. The van der Waals surface area contributed by atoms with Gasteiger partial charge in [0.05, 0.1) is 12.7 Å². The van der Waals surface area contributed by atoms with E-state index in [-0.39, 0.29) is 5.91 Å². The lowest BCUT2D eigenvalue weighted by molar-refractivity contribution is 0.0367. The topological polar surface area (TPSA) is 42.0 Å². The van der Waals surface area contributed by atoms with Crippen LogP contribution in [0.25, 0.3) is 0 Å². The van der Waals surface area contributed by atoms with E-state index < -0.39 is 0 Å². The van der Waals surface area contributed by atoms with Crippen molar-refractivity contribution in [2.24, 2.45) is 11.8 Å². The van der Waals surface area contributed by atoms with Gasteiger partial charge in [-0.1, -0.05) is 36.4 Å². The number of hydrogen-bond donors (Lipinski definition) is 0. The zero-order chi connectivity index (χ0) is 21.8. The van der Waals surface area contributed by atoms with E-state index in [0.717, 1.165) is 43.8 Å². The van der Waals surface area contributed by atoms with Crippen molar-refractivity contribution >= 4 is 5.91 Å². The third-order valence-corrected chi connectivity index (χ3v) is 7.28.